The summed E-state index contributed by atoms with van der Waals surface area (Å²) in [6.07, 6.45) is 0.759. The number of carbonyl (C=O) groups is 2. The van der Waals surface area contributed by atoms with Gasteiger partial charge in [-0.25, -0.2) is 4.79 Å². The average molecular weight is 473 g/mol. The minimum absolute atomic E-state index is 0.0685. The lowest BCUT2D eigenvalue weighted by atomic mass is 9.99. The Labute approximate surface area is 201 Å². The average Bonchev–Trinajstić information content (AvgIpc) is 3.29. The van der Waals surface area contributed by atoms with Gasteiger partial charge in [0.25, 0.3) is 5.91 Å². The molecule has 9 nitrogen and oxygen atoms in total. The third-order valence-corrected chi connectivity index (χ3v) is 5.48. The van der Waals surface area contributed by atoms with E-state index in [0.29, 0.717) is 23.4 Å². The molecule has 1 heterocycles. The maximum atomic E-state index is 12.8. The van der Waals surface area contributed by atoms with E-state index in [2.05, 4.69) is 15.8 Å². The van der Waals surface area contributed by atoms with E-state index in [1.165, 1.54) is 19.1 Å². The van der Waals surface area contributed by atoms with Crippen molar-refractivity contribution in [3.8, 4) is 22.6 Å². The lowest BCUT2D eigenvalue weighted by molar-refractivity contribution is -0.110. The van der Waals surface area contributed by atoms with E-state index in [4.69, 9.17) is 10.1 Å². The van der Waals surface area contributed by atoms with Crippen LogP contribution in [0, 0.1) is 12.3 Å². The molecule has 0 bridgehead atoms. The molecule has 4 rings (SSSR count). The Bertz CT molecular complexity index is 1380. The van der Waals surface area contributed by atoms with Crippen LogP contribution in [0.5, 0.6) is 11.5 Å². The zero-order chi connectivity index (χ0) is 25.1. The molecule has 178 valence electrons. The van der Waals surface area contributed by atoms with Crippen molar-refractivity contribution in [2.24, 2.45) is 5.10 Å². The van der Waals surface area contributed by atoms with E-state index < -0.39 is 11.9 Å². The number of hydrazone groups is 1. The largest absolute Gasteiger partial charge is 0.505 e. The van der Waals surface area contributed by atoms with Crippen molar-refractivity contribution in [3.05, 3.63) is 71.3 Å². The number of rotatable bonds is 7. The Hall–Kier alpha value is -4.66. The van der Waals surface area contributed by atoms with Crippen LogP contribution in [-0.4, -0.2) is 40.1 Å². The van der Waals surface area contributed by atoms with Crippen LogP contribution in [0.25, 0.3) is 11.1 Å². The highest BCUT2D eigenvalue weighted by Gasteiger charge is 2.18. The maximum absolute atomic E-state index is 12.8. The number of hydrogen-bond donors (Lipinski definition) is 5. The Kier molecular flexibility index (Phi) is 6.50. The number of carboxylic acids is 1. The van der Waals surface area contributed by atoms with Gasteiger partial charge in [0, 0.05) is 17.7 Å². The molecule has 0 atom stereocenters. The number of aromatic hydroxyl groups is 1. The highest BCUT2D eigenvalue weighted by atomic mass is 16.5. The fourth-order valence-corrected chi connectivity index (χ4v) is 3.78. The number of phenolic OH excluding ortho intramolecular Hbond substituents is 1. The predicted molar refractivity (Wildman–Crippen MR) is 134 cm³/mol. The molecule has 9 heteroatoms. The van der Waals surface area contributed by atoms with Crippen LogP contribution in [0.3, 0.4) is 0 Å². The molecule has 0 saturated carbocycles. The number of phenols is 1. The molecule has 0 fully saturated rings. The Morgan fingerprint density at radius 3 is 2.66 bits per heavy atom. The van der Waals surface area contributed by atoms with E-state index >= 15 is 0 Å². The van der Waals surface area contributed by atoms with Gasteiger partial charge in [-0.15, -0.1) is 0 Å². The van der Waals surface area contributed by atoms with Crippen LogP contribution in [0.15, 0.2) is 59.7 Å². The van der Waals surface area contributed by atoms with Crippen LogP contribution in [0.2, 0.25) is 0 Å². The highest BCUT2D eigenvalue weighted by Crippen LogP contribution is 2.37. The Balaban J connectivity index is 1.60. The number of amides is 1. The van der Waals surface area contributed by atoms with Crippen molar-refractivity contribution in [1.82, 2.24) is 0 Å². The standard InChI is InChI=1S/C26H24N4O5/c1-14-10-20(16-4-3-5-18(12-16)26(33)34)24(31)21(11-14)29-30-23(15(2)27)25(32)28-19-6-7-22-17(13-19)8-9-35-22/h3-7,10-13,27,29,31H,8-9H2,1-2H3,(H,28,32)(H,33,34)/b27-15?,30-23-. The molecule has 35 heavy (non-hydrogen) atoms. The maximum Gasteiger partial charge on any atom is 0.335 e. The van der Waals surface area contributed by atoms with Crippen molar-refractivity contribution in [1.29, 1.82) is 5.41 Å². The van der Waals surface area contributed by atoms with Crippen LogP contribution in [0.4, 0.5) is 11.4 Å². The topological polar surface area (TPSA) is 144 Å². The molecular weight excluding hydrogens is 448 g/mol. The summed E-state index contributed by atoms with van der Waals surface area (Å²) in [5.41, 5.74) is 6.02. The van der Waals surface area contributed by atoms with Crippen LogP contribution in [-0.2, 0) is 11.2 Å². The predicted octanol–water partition coefficient (Wildman–Crippen LogP) is 4.45. The molecule has 3 aromatic rings. The molecule has 1 aliphatic heterocycles. The van der Waals surface area contributed by atoms with Gasteiger partial charge in [-0.1, -0.05) is 12.1 Å². The summed E-state index contributed by atoms with van der Waals surface area (Å²) in [5, 5.41) is 35.0. The first-order valence-corrected chi connectivity index (χ1v) is 10.9. The van der Waals surface area contributed by atoms with E-state index in [9.17, 15) is 19.8 Å². The van der Waals surface area contributed by atoms with Crippen LogP contribution >= 0.6 is 0 Å². The number of hydrogen-bond acceptors (Lipinski definition) is 7. The van der Waals surface area contributed by atoms with Gasteiger partial charge in [0.1, 0.15) is 11.5 Å². The van der Waals surface area contributed by atoms with E-state index in [0.717, 1.165) is 23.3 Å². The summed E-state index contributed by atoms with van der Waals surface area (Å²) < 4.78 is 5.48. The lowest BCUT2D eigenvalue weighted by Crippen LogP contribution is -2.29. The quantitative estimate of drug-likeness (QED) is 0.195. The van der Waals surface area contributed by atoms with Gasteiger partial charge >= 0.3 is 5.97 Å². The van der Waals surface area contributed by atoms with Crippen LogP contribution < -0.4 is 15.5 Å². The molecule has 0 radical (unpaired) electrons. The number of carboxylic acid groups (broad SMARTS) is 1. The second-order valence-electron chi connectivity index (χ2n) is 8.17. The number of aromatic carboxylic acids is 1. The number of aryl methyl sites for hydroxylation is 1. The molecule has 3 aromatic carbocycles. The number of ether oxygens (including phenoxy) is 1. The second kappa shape index (κ2) is 9.68. The fourth-order valence-electron chi connectivity index (χ4n) is 3.78. The summed E-state index contributed by atoms with van der Waals surface area (Å²) in [6.45, 7) is 3.85. The number of carbonyl (C=O) groups excluding carboxylic acids is 1. The zero-order valence-corrected chi connectivity index (χ0v) is 19.2. The van der Waals surface area contributed by atoms with Gasteiger partial charge < -0.3 is 25.7 Å². The molecule has 1 amide bonds. The Morgan fingerprint density at radius 1 is 1.11 bits per heavy atom. The molecule has 5 N–H and O–H groups in total. The summed E-state index contributed by atoms with van der Waals surface area (Å²) in [7, 11) is 0. The van der Waals surface area contributed by atoms with Gasteiger partial charge in [-0.05, 0) is 73.0 Å². The molecule has 1 aliphatic rings. The molecule has 0 spiro atoms. The third kappa shape index (κ3) is 5.14. The number of benzene rings is 3. The van der Waals surface area contributed by atoms with Crippen molar-refractivity contribution in [2.45, 2.75) is 20.3 Å². The molecule has 0 aromatic heterocycles. The monoisotopic (exact) mass is 472 g/mol. The van der Waals surface area contributed by atoms with Crippen molar-refractivity contribution in [3.63, 3.8) is 0 Å². The number of nitrogens with zero attached hydrogens (tertiary/aromatic N) is 1. The smallest absolute Gasteiger partial charge is 0.335 e. The van der Waals surface area contributed by atoms with Gasteiger partial charge in [0.15, 0.2) is 5.71 Å². The number of nitrogens with one attached hydrogen (secondary N) is 3. The highest BCUT2D eigenvalue weighted by molar-refractivity contribution is 6.67. The SMILES string of the molecule is CC(=N)/C(=N/Nc1cc(C)cc(-c2cccc(C(=O)O)c2)c1O)C(=O)Nc1ccc2c(c1)CCO2. The Morgan fingerprint density at radius 2 is 1.91 bits per heavy atom. The molecular formula is C26H24N4O5. The lowest BCUT2D eigenvalue weighted by Gasteiger charge is -2.13. The van der Waals surface area contributed by atoms with Gasteiger partial charge in [0.05, 0.1) is 23.6 Å². The van der Waals surface area contributed by atoms with E-state index in [1.807, 2.05) is 13.0 Å². The van der Waals surface area contributed by atoms with E-state index in [1.54, 1.807) is 36.4 Å². The van der Waals surface area contributed by atoms with E-state index in [-0.39, 0.29) is 28.4 Å². The second-order valence-corrected chi connectivity index (χ2v) is 8.17. The van der Waals surface area contributed by atoms with Gasteiger partial charge in [-0.2, -0.15) is 5.10 Å². The van der Waals surface area contributed by atoms with Crippen molar-refractivity contribution < 1.29 is 24.5 Å². The minimum Gasteiger partial charge on any atom is -0.505 e. The molecule has 0 saturated heterocycles. The van der Waals surface area contributed by atoms with Crippen molar-refractivity contribution >= 4 is 34.7 Å². The van der Waals surface area contributed by atoms with Crippen molar-refractivity contribution in [2.75, 3.05) is 17.3 Å². The minimum atomic E-state index is -1.07. The summed E-state index contributed by atoms with van der Waals surface area (Å²) in [4.78, 5) is 24.2. The number of fused-ring (bicyclic) bond motifs is 1. The summed E-state index contributed by atoms with van der Waals surface area (Å²) in [5.74, 6) is -1.02. The fraction of sp³-hybridized carbons (Fsp3) is 0.154. The first-order chi connectivity index (χ1) is 16.7. The normalized spacial score (nSPS) is 12.5. The van der Waals surface area contributed by atoms with Gasteiger partial charge in [-0.3, -0.25) is 10.2 Å². The summed E-state index contributed by atoms with van der Waals surface area (Å²) >= 11 is 0. The van der Waals surface area contributed by atoms with Crippen LogP contribution in [0.1, 0.15) is 28.4 Å². The van der Waals surface area contributed by atoms with Gasteiger partial charge in [0.2, 0.25) is 0 Å². The number of anilines is 2. The zero-order valence-electron chi connectivity index (χ0n) is 19.2. The molecule has 0 unspecified atom stereocenters. The first-order valence-electron chi connectivity index (χ1n) is 10.9. The molecule has 0 aliphatic carbocycles. The first kappa shape index (κ1) is 23.5. The third-order valence-electron chi connectivity index (χ3n) is 5.48. The summed E-state index contributed by atoms with van der Waals surface area (Å²) in [6, 6.07) is 14.9.